The van der Waals surface area contributed by atoms with Gasteiger partial charge in [-0.05, 0) is 19.8 Å². The van der Waals surface area contributed by atoms with E-state index in [1.165, 1.54) is 0 Å². The van der Waals surface area contributed by atoms with Gasteiger partial charge in [-0.15, -0.1) is 0 Å². The normalized spacial score (nSPS) is 12.2. The quantitative estimate of drug-likeness (QED) is 0.637. The molecule has 0 saturated carbocycles. The summed E-state index contributed by atoms with van der Waals surface area (Å²) in [5, 5.41) is 2.81. The van der Waals surface area contributed by atoms with Gasteiger partial charge in [-0.1, -0.05) is 20.3 Å². The Hall–Kier alpha value is -0.860. The molecule has 1 atom stereocenters. The second kappa shape index (κ2) is 7.54. The number of carbonyl (C=O) groups is 2. The van der Waals surface area contributed by atoms with Gasteiger partial charge in [0.05, 0.1) is 0 Å². The van der Waals surface area contributed by atoms with Crippen LogP contribution in [0.3, 0.4) is 0 Å². The predicted molar refractivity (Wildman–Crippen MR) is 57.0 cm³/mol. The first-order valence-corrected chi connectivity index (χ1v) is 5.35. The van der Waals surface area contributed by atoms with Crippen LogP contribution >= 0.6 is 0 Å². The fraction of sp³-hybridized carbons (Fsp3) is 0.818. The van der Waals surface area contributed by atoms with Crippen molar-refractivity contribution < 1.29 is 9.59 Å². The smallest absolute Gasteiger partial charge is 0.219 e. The molecule has 1 N–H and O–H groups in total. The Morgan fingerprint density at radius 3 is 2.43 bits per heavy atom. The maximum Gasteiger partial charge on any atom is 0.219 e. The Morgan fingerprint density at radius 2 is 1.93 bits per heavy atom. The maximum atomic E-state index is 10.9. The SMILES string of the molecule is CCC(=O)NCCCCC(C)C(C)=O. The van der Waals surface area contributed by atoms with Crippen molar-refractivity contribution in [3.05, 3.63) is 0 Å². The minimum Gasteiger partial charge on any atom is -0.356 e. The number of carbonyl (C=O) groups excluding carboxylic acids is 2. The van der Waals surface area contributed by atoms with E-state index in [1.807, 2.05) is 13.8 Å². The standard InChI is InChI=1S/C11H21NO2/c1-4-11(14)12-8-6-5-7-9(2)10(3)13/h9H,4-8H2,1-3H3,(H,12,14). The largest absolute Gasteiger partial charge is 0.356 e. The molecule has 0 fully saturated rings. The lowest BCUT2D eigenvalue weighted by Crippen LogP contribution is -2.23. The van der Waals surface area contributed by atoms with Crippen LogP contribution in [0.15, 0.2) is 0 Å². The monoisotopic (exact) mass is 199 g/mol. The van der Waals surface area contributed by atoms with E-state index >= 15 is 0 Å². The van der Waals surface area contributed by atoms with Crippen LogP contribution in [0.25, 0.3) is 0 Å². The summed E-state index contributed by atoms with van der Waals surface area (Å²) in [4.78, 5) is 21.7. The molecule has 0 spiro atoms. The molecule has 3 nitrogen and oxygen atoms in total. The Bertz CT molecular complexity index is 190. The van der Waals surface area contributed by atoms with Crippen LogP contribution < -0.4 is 5.32 Å². The molecule has 14 heavy (non-hydrogen) atoms. The highest BCUT2D eigenvalue weighted by Gasteiger charge is 2.06. The third-order valence-corrected chi connectivity index (χ3v) is 2.40. The summed E-state index contributed by atoms with van der Waals surface area (Å²) in [6.07, 6.45) is 3.44. The van der Waals surface area contributed by atoms with Crippen molar-refractivity contribution >= 4 is 11.7 Å². The Morgan fingerprint density at radius 1 is 1.29 bits per heavy atom. The van der Waals surface area contributed by atoms with E-state index < -0.39 is 0 Å². The molecule has 3 heteroatoms. The van der Waals surface area contributed by atoms with Gasteiger partial charge in [0.15, 0.2) is 0 Å². The van der Waals surface area contributed by atoms with E-state index in [4.69, 9.17) is 0 Å². The zero-order chi connectivity index (χ0) is 11.0. The number of hydrogen-bond acceptors (Lipinski definition) is 2. The van der Waals surface area contributed by atoms with Crippen molar-refractivity contribution in [2.75, 3.05) is 6.54 Å². The van der Waals surface area contributed by atoms with Gasteiger partial charge in [-0.25, -0.2) is 0 Å². The van der Waals surface area contributed by atoms with E-state index in [-0.39, 0.29) is 17.6 Å². The van der Waals surface area contributed by atoms with Crippen LogP contribution in [0.4, 0.5) is 0 Å². The number of hydrogen-bond donors (Lipinski definition) is 1. The lowest BCUT2D eigenvalue weighted by molar-refractivity contribution is -0.121. The lowest BCUT2D eigenvalue weighted by Gasteiger charge is -2.07. The number of unbranched alkanes of at least 4 members (excludes halogenated alkanes) is 1. The summed E-state index contributed by atoms with van der Waals surface area (Å²) in [5.41, 5.74) is 0. The zero-order valence-electron chi connectivity index (χ0n) is 9.43. The van der Waals surface area contributed by atoms with Gasteiger partial charge < -0.3 is 5.32 Å². The van der Waals surface area contributed by atoms with Crippen molar-refractivity contribution in [2.45, 2.75) is 46.5 Å². The van der Waals surface area contributed by atoms with E-state index in [1.54, 1.807) is 6.92 Å². The third-order valence-electron chi connectivity index (χ3n) is 2.40. The van der Waals surface area contributed by atoms with Crippen LogP contribution in [0.1, 0.15) is 46.5 Å². The maximum absolute atomic E-state index is 10.9. The first kappa shape index (κ1) is 13.1. The fourth-order valence-corrected chi connectivity index (χ4v) is 1.13. The second-order valence-corrected chi connectivity index (χ2v) is 3.71. The van der Waals surface area contributed by atoms with Gasteiger partial charge in [-0.3, -0.25) is 9.59 Å². The minimum atomic E-state index is 0.101. The van der Waals surface area contributed by atoms with E-state index in [2.05, 4.69) is 5.32 Å². The van der Waals surface area contributed by atoms with Crippen LogP contribution in [0, 0.1) is 5.92 Å². The van der Waals surface area contributed by atoms with Crippen molar-refractivity contribution in [2.24, 2.45) is 5.92 Å². The van der Waals surface area contributed by atoms with E-state index in [9.17, 15) is 9.59 Å². The molecule has 1 amide bonds. The van der Waals surface area contributed by atoms with E-state index in [0.717, 1.165) is 25.8 Å². The summed E-state index contributed by atoms with van der Waals surface area (Å²) >= 11 is 0. The number of amides is 1. The molecule has 0 aliphatic rings. The highest BCUT2D eigenvalue weighted by Crippen LogP contribution is 2.07. The summed E-state index contributed by atoms with van der Waals surface area (Å²) in [7, 11) is 0. The van der Waals surface area contributed by atoms with Gasteiger partial charge in [0.25, 0.3) is 0 Å². The average Bonchev–Trinajstić information content (AvgIpc) is 2.16. The zero-order valence-corrected chi connectivity index (χ0v) is 9.43. The molecule has 0 aromatic heterocycles. The van der Waals surface area contributed by atoms with Crippen LogP contribution in [0.2, 0.25) is 0 Å². The molecule has 0 bridgehead atoms. The summed E-state index contributed by atoms with van der Waals surface area (Å²) in [6, 6.07) is 0. The van der Waals surface area contributed by atoms with Crippen LogP contribution in [-0.4, -0.2) is 18.2 Å². The predicted octanol–water partition coefficient (Wildman–Crippen LogP) is 1.91. The van der Waals surface area contributed by atoms with Gasteiger partial charge in [-0.2, -0.15) is 0 Å². The summed E-state index contributed by atoms with van der Waals surface area (Å²) in [5.74, 6) is 0.518. The Balaban J connectivity index is 3.30. The van der Waals surface area contributed by atoms with Gasteiger partial charge >= 0.3 is 0 Å². The van der Waals surface area contributed by atoms with E-state index in [0.29, 0.717) is 6.42 Å². The fourth-order valence-electron chi connectivity index (χ4n) is 1.13. The topological polar surface area (TPSA) is 46.2 Å². The molecular formula is C11H21NO2. The van der Waals surface area contributed by atoms with Gasteiger partial charge in [0.2, 0.25) is 5.91 Å². The highest BCUT2D eigenvalue weighted by atomic mass is 16.1. The molecule has 0 heterocycles. The summed E-state index contributed by atoms with van der Waals surface area (Å²) in [6.45, 7) is 6.15. The van der Waals surface area contributed by atoms with Crippen molar-refractivity contribution in [3.8, 4) is 0 Å². The number of nitrogens with one attached hydrogen (secondary N) is 1. The Kier molecular flexibility index (Phi) is 7.07. The molecule has 1 unspecified atom stereocenters. The first-order valence-electron chi connectivity index (χ1n) is 5.35. The average molecular weight is 199 g/mol. The molecule has 0 rings (SSSR count). The molecular weight excluding hydrogens is 178 g/mol. The van der Waals surface area contributed by atoms with Crippen molar-refractivity contribution in [3.63, 3.8) is 0 Å². The molecule has 0 aromatic rings. The molecule has 0 aromatic carbocycles. The molecule has 0 aliphatic carbocycles. The first-order chi connectivity index (χ1) is 6.57. The highest BCUT2D eigenvalue weighted by molar-refractivity contribution is 5.77. The van der Waals surface area contributed by atoms with Gasteiger partial charge in [0, 0.05) is 18.9 Å². The van der Waals surface area contributed by atoms with Crippen LogP contribution in [0.5, 0.6) is 0 Å². The summed E-state index contributed by atoms with van der Waals surface area (Å²) < 4.78 is 0. The van der Waals surface area contributed by atoms with Crippen molar-refractivity contribution in [1.29, 1.82) is 0 Å². The number of ketones is 1. The Labute approximate surface area is 86.3 Å². The second-order valence-electron chi connectivity index (χ2n) is 3.71. The molecule has 82 valence electrons. The molecule has 0 radical (unpaired) electrons. The van der Waals surface area contributed by atoms with Crippen LogP contribution in [-0.2, 0) is 9.59 Å². The third kappa shape index (κ3) is 6.63. The number of Topliss-reactive ketones (excluding diaryl/α,β-unsaturated/α-hetero) is 1. The van der Waals surface area contributed by atoms with Gasteiger partial charge in [0.1, 0.15) is 5.78 Å². The van der Waals surface area contributed by atoms with Crippen molar-refractivity contribution in [1.82, 2.24) is 5.32 Å². The molecule has 0 saturated heterocycles. The lowest BCUT2D eigenvalue weighted by atomic mass is 10.0. The molecule has 0 aliphatic heterocycles. The minimum absolute atomic E-state index is 0.101. The number of rotatable bonds is 7.